The number of thiazole rings is 1. The zero-order chi connectivity index (χ0) is 17.1. The molecule has 0 unspecified atom stereocenters. The van der Waals surface area contributed by atoms with Gasteiger partial charge in [0.2, 0.25) is 5.91 Å². The molecule has 0 saturated heterocycles. The van der Waals surface area contributed by atoms with Gasteiger partial charge in [0, 0.05) is 24.4 Å². The SMILES string of the molecule is CCC(=O)Nc1nc(-c2ccncc2)c(-c2cc(C)cc(C)c2)s1. The normalized spacial score (nSPS) is 10.6. The maximum atomic E-state index is 11.7. The molecule has 1 aromatic carbocycles. The fraction of sp³-hybridized carbons (Fsp3) is 0.211. The number of benzene rings is 1. The lowest BCUT2D eigenvalue weighted by Crippen LogP contribution is -2.08. The van der Waals surface area contributed by atoms with Gasteiger partial charge in [-0.3, -0.25) is 9.78 Å². The van der Waals surface area contributed by atoms with Gasteiger partial charge in [-0.15, -0.1) is 0 Å². The number of carbonyl (C=O) groups excluding carboxylic acids is 1. The first-order chi connectivity index (χ1) is 11.6. The third-order valence-corrected chi connectivity index (χ3v) is 4.65. The molecule has 3 aromatic rings. The van der Waals surface area contributed by atoms with Crippen molar-refractivity contribution < 1.29 is 4.79 Å². The van der Waals surface area contributed by atoms with Crippen molar-refractivity contribution >= 4 is 22.4 Å². The van der Waals surface area contributed by atoms with E-state index in [0.717, 1.165) is 21.7 Å². The molecule has 0 aliphatic carbocycles. The second-order valence-corrected chi connectivity index (χ2v) is 6.71. The summed E-state index contributed by atoms with van der Waals surface area (Å²) in [6, 6.07) is 10.3. The lowest BCUT2D eigenvalue weighted by Gasteiger charge is -2.05. The van der Waals surface area contributed by atoms with Crippen LogP contribution in [0.1, 0.15) is 24.5 Å². The van der Waals surface area contributed by atoms with Crippen LogP contribution in [-0.2, 0) is 4.79 Å². The maximum absolute atomic E-state index is 11.7. The quantitative estimate of drug-likeness (QED) is 0.741. The van der Waals surface area contributed by atoms with Crippen molar-refractivity contribution in [3.8, 4) is 21.7 Å². The molecule has 0 fully saturated rings. The minimum absolute atomic E-state index is 0.0306. The third-order valence-electron chi connectivity index (χ3n) is 3.63. The molecule has 1 amide bonds. The lowest BCUT2D eigenvalue weighted by atomic mass is 10.0. The van der Waals surface area contributed by atoms with E-state index in [2.05, 4.69) is 47.3 Å². The van der Waals surface area contributed by atoms with Gasteiger partial charge >= 0.3 is 0 Å². The van der Waals surface area contributed by atoms with E-state index in [4.69, 9.17) is 0 Å². The second-order valence-electron chi connectivity index (χ2n) is 5.71. The number of anilines is 1. The van der Waals surface area contributed by atoms with Crippen molar-refractivity contribution in [2.24, 2.45) is 0 Å². The van der Waals surface area contributed by atoms with Crippen molar-refractivity contribution in [2.45, 2.75) is 27.2 Å². The molecule has 0 spiro atoms. The Morgan fingerprint density at radius 1 is 1.08 bits per heavy atom. The molecule has 2 aromatic heterocycles. The van der Waals surface area contributed by atoms with Crippen LogP contribution in [0.4, 0.5) is 5.13 Å². The highest BCUT2D eigenvalue weighted by atomic mass is 32.1. The summed E-state index contributed by atoms with van der Waals surface area (Å²) in [6.45, 7) is 6.00. The standard InChI is InChI=1S/C19H19N3OS/c1-4-16(23)21-19-22-17(14-5-7-20-8-6-14)18(24-19)15-10-12(2)9-13(3)11-15/h5-11H,4H2,1-3H3,(H,21,22,23). The maximum Gasteiger partial charge on any atom is 0.225 e. The Kier molecular flexibility index (Phi) is 4.71. The highest BCUT2D eigenvalue weighted by Crippen LogP contribution is 2.39. The van der Waals surface area contributed by atoms with Crippen molar-refractivity contribution in [2.75, 3.05) is 5.32 Å². The number of aryl methyl sites for hydroxylation is 2. The Labute approximate surface area is 145 Å². The number of nitrogens with one attached hydrogen (secondary N) is 1. The Morgan fingerprint density at radius 2 is 1.75 bits per heavy atom. The minimum atomic E-state index is -0.0306. The van der Waals surface area contributed by atoms with Crippen LogP contribution in [-0.4, -0.2) is 15.9 Å². The van der Waals surface area contributed by atoms with Crippen molar-refractivity contribution in [3.63, 3.8) is 0 Å². The van der Waals surface area contributed by atoms with Crippen LogP contribution in [0.15, 0.2) is 42.7 Å². The molecule has 5 heteroatoms. The first kappa shape index (κ1) is 16.3. The van der Waals surface area contributed by atoms with Gasteiger partial charge in [0.05, 0.1) is 10.6 Å². The molecule has 122 valence electrons. The second kappa shape index (κ2) is 6.93. The van der Waals surface area contributed by atoms with E-state index in [9.17, 15) is 4.79 Å². The topological polar surface area (TPSA) is 54.9 Å². The molecular weight excluding hydrogens is 318 g/mol. The summed E-state index contributed by atoms with van der Waals surface area (Å²) < 4.78 is 0. The summed E-state index contributed by atoms with van der Waals surface area (Å²) in [5.74, 6) is -0.0306. The van der Waals surface area contributed by atoms with Gasteiger partial charge in [0.15, 0.2) is 5.13 Å². The van der Waals surface area contributed by atoms with Gasteiger partial charge in [0.1, 0.15) is 0 Å². The summed E-state index contributed by atoms with van der Waals surface area (Å²) in [5.41, 5.74) is 5.40. The Bertz CT molecular complexity index is 851. The number of amides is 1. The molecule has 0 aliphatic rings. The minimum Gasteiger partial charge on any atom is -0.302 e. The van der Waals surface area contributed by atoms with E-state index in [1.54, 1.807) is 12.4 Å². The smallest absolute Gasteiger partial charge is 0.225 e. The third kappa shape index (κ3) is 3.51. The van der Waals surface area contributed by atoms with Gasteiger partial charge in [-0.1, -0.05) is 47.6 Å². The highest BCUT2D eigenvalue weighted by molar-refractivity contribution is 7.19. The van der Waals surface area contributed by atoms with E-state index in [1.807, 2.05) is 19.1 Å². The predicted molar refractivity (Wildman–Crippen MR) is 99.2 cm³/mol. The monoisotopic (exact) mass is 337 g/mol. The van der Waals surface area contributed by atoms with Gasteiger partial charge in [-0.25, -0.2) is 4.98 Å². The number of aromatic nitrogens is 2. The van der Waals surface area contributed by atoms with E-state index in [1.165, 1.54) is 22.5 Å². The van der Waals surface area contributed by atoms with Crippen LogP contribution in [0.5, 0.6) is 0 Å². The van der Waals surface area contributed by atoms with Gasteiger partial charge < -0.3 is 5.32 Å². The zero-order valence-corrected chi connectivity index (χ0v) is 14.8. The fourth-order valence-corrected chi connectivity index (χ4v) is 3.58. The van der Waals surface area contributed by atoms with Crippen LogP contribution in [0.3, 0.4) is 0 Å². The molecule has 24 heavy (non-hydrogen) atoms. The van der Waals surface area contributed by atoms with Crippen LogP contribution >= 0.6 is 11.3 Å². The molecule has 0 bridgehead atoms. The van der Waals surface area contributed by atoms with Crippen LogP contribution in [0, 0.1) is 13.8 Å². The average Bonchev–Trinajstić information content (AvgIpc) is 2.98. The van der Waals surface area contributed by atoms with Crippen LogP contribution in [0.25, 0.3) is 21.7 Å². The summed E-state index contributed by atoms with van der Waals surface area (Å²) in [7, 11) is 0. The molecule has 0 atom stereocenters. The summed E-state index contributed by atoms with van der Waals surface area (Å²) in [6.07, 6.45) is 3.94. The fourth-order valence-electron chi connectivity index (χ4n) is 2.59. The highest BCUT2D eigenvalue weighted by Gasteiger charge is 2.16. The van der Waals surface area contributed by atoms with Crippen LogP contribution in [0.2, 0.25) is 0 Å². The number of rotatable bonds is 4. The predicted octanol–water partition coefficient (Wildman–Crippen LogP) is 4.84. The molecule has 1 N–H and O–H groups in total. The molecule has 0 radical (unpaired) electrons. The number of carbonyl (C=O) groups is 1. The summed E-state index contributed by atoms with van der Waals surface area (Å²) in [4.78, 5) is 21.5. The molecular formula is C19H19N3OS. The summed E-state index contributed by atoms with van der Waals surface area (Å²) in [5, 5.41) is 3.50. The van der Waals surface area contributed by atoms with E-state index in [0.29, 0.717) is 11.6 Å². The Hall–Kier alpha value is -2.53. The number of nitrogens with zero attached hydrogens (tertiary/aromatic N) is 2. The van der Waals surface area contributed by atoms with Crippen molar-refractivity contribution in [1.82, 2.24) is 9.97 Å². The average molecular weight is 337 g/mol. The number of pyridine rings is 1. The van der Waals surface area contributed by atoms with Gasteiger partial charge in [0.25, 0.3) is 0 Å². The van der Waals surface area contributed by atoms with Gasteiger partial charge in [-0.05, 0) is 31.5 Å². The number of hydrogen-bond donors (Lipinski definition) is 1. The first-order valence-corrected chi connectivity index (χ1v) is 8.68. The van der Waals surface area contributed by atoms with Crippen LogP contribution < -0.4 is 5.32 Å². The van der Waals surface area contributed by atoms with Crippen molar-refractivity contribution in [1.29, 1.82) is 0 Å². The van der Waals surface area contributed by atoms with E-state index >= 15 is 0 Å². The molecule has 2 heterocycles. The molecule has 3 rings (SSSR count). The lowest BCUT2D eigenvalue weighted by molar-refractivity contribution is -0.115. The molecule has 0 aliphatic heterocycles. The Balaban J connectivity index is 2.13. The molecule has 4 nitrogen and oxygen atoms in total. The van der Waals surface area contributed by atoms with E-state index < -0.39 is 0 Å². The first-order valence-electron chi connectivity index (χ1n) is 7.86. The van der Waals surface area contributed by atoms with Crippen molar-refractivity contribution in [3.05, 3.63) is 53.9 Å². The Morgan fingerprint density at radius 3 is 2.38 bits per heavy atom. The summed E-state index contributed by atoms with van der Waals surface area (Å²) >= 11 is 1.51. The zero-order valence-electron chi connectivity index (χ0n) is 14.0. The van der Waals surface area contributed by atoms with E-state index in [-0.39, 0.29) is 5.91 Å². The molecule has 0 saturated carbocycles. The number of hydrogen-bond acceptors (Lipinski definition) is 4. The largest absolute Gasteiger partial charge is 0.302 e. The van der Waals surface area contributed by atoms with Gasteiger partial charge in [-0.2, -0.15) is 0 Å².